The van der Waals surface area contributed by atoms with Gasteiger partial charge in [0.2, 0.25) is 10.0 Å². The summed E-state index contributed by atoms with van der Waals surface area (Å²) in [6, 6.07) is 7.63. The highest BCUT2D eigenvalue weighted by Crippen LogP contribution is 2.58. The van der Waals surface area contributed by atoms with Crippen molar-refractivity contribution >= 4 is 15.7 Å². The van der Waals surface area contributed by atoms with Crippen LogP contribution in [0.2, 0.25) is 0 Å². The van der Waals surface area contributed by atoms with Gasteiger partial charge in [0.15, 0.2) is 0 Å². The van der Waals surface area contributed by atoms with Crippen LogP contribution < -0.4 is 10.5 Å². The van der Waals surface area contributed by atoms with Crippen molar-refractivity contribution in [3.63, 3.8) is 0 Å². The number of anilines is 1. The van der Waals surface area contributed by atoms with Crippen molar-refractivity contribution in [3.8, 4) is 0 Å². The summed E-state index contributed by atoms with van der Waals surface area (Å²) in [6.45, 7) is 0. The molecule has 2 heterocycles. The molecule has 0 amide bonds. The van der Waals surface area contributed by atoms with Crippen molar-refractivity contribution in [2.45, 2.75) is 49.0 Å². The third-order valence-electron chi connectivity index (χ3n) is 7.15. The van der Waals surface area contributed by atoms with Gasteiger partial charge in [0.25, 0.3) is 0 Å². The molecule has 5 rings (SSSR count). The molecule has 6 nitrogen and oxygen atoms in total. The first-order valence-electron chi connectivity index (χ1n) is 9.84. The minimum atomic E-state index is -3.70. The summed E-state index contributed by atoms with van der Waals surface area (Å²) >= 11 is 0. The summed E-state index contributed by atoms with van der Waals surface area (Å²) in [7, 11) is -1.70. The summed E-state index contributed by atoms with van der Waals surface area (Å²) in [4.78, 5) is 0.217. The summed E-state index contributed by atoms with van der Waals surface area (Å²) in [6.07, 6.45) is 8.12. The molecule has 3 N–H and O–H groups in total. The van der Waals surface area contributed by atoms with Crippen molar-refractivity contribution in [1.29, 1.82) is 0 Å². The molecule has 0 bridgehead atoms. The fraction of sp³-hybridized carbons (Fsp3) is 0.550. The lowest BCUT2D eigenvalue weighted by atomic mass is 9.61. The number of aryl methyl sites for hydroxylation is 1. The number of aromatic nitrogens is 2. The number of benzene rings is 1. The molecule has 2 fully saturated rings. The van der Waals surface area contributed by atoms with Gasteiger partial charge in [0.1, 0.15) is 0 Å². The molecule has 2 aromatic rings. The van der Waals surface area contributed by atoms with E-state index in [0.717, 1.165) is 23.6 Å². The van der Waals surface area contributed by atoms with Crippen LogP contribution in [-0.4, -0.2) is 18.2 Å². The number of hydrogen-bond donors (Lipinski definition) is 2. The second-order valence-electron chi connectivity index (χ2n) is 8.41. The number of nitrogens with two attached hydrogens (primary N) is 1. The normalized spacial score (nSPS) is 32.3. The highest BCUT2D eigenvalue weighted by molar-refractivity contribution is 7.89. The second-order valence-corrected chi connectivity index (χ2v) is 9.97. The van der Waals surface area contributed by atoms with E-state index in [4.69, 9.17) is 5.14 Å². The Balaban J connectivity index is 1.65. The molecule has 5 atom stereocenters. The van der Waals surface area contributed by atoms with E-state index in [1.807, 2.05) is 30.1 Å². The topological polar surface area (TPSA) is 90.0 Å². The van der Waals surface area contributed by atoms with Crippen LogP contribution in [0.15, 0.2) is 35.4 Å². The molecule has 1 aromatic carbocycles. The summed E-state index contributed by atoms with van der Waals surface area (Å²) in [5, 5.41) is 13.5. The lowest BCUT2D eigenvalue weighted by molar-refractivity contribution is 0.127. The van der Waals surface area contributed by atoms with Crippen LogP contribution in [0.25, 0.3) is 0 Å². The van der Waals surface area contributed by atoms with Gasteiger partial charge >= 0.3 is 0 Å². The SMILES string of the molecule is Cn1nccc1C1Nc2ccc(S(N)(=O)=O)cc2C2CCC3CCCC3C21. The van der Waals surface area contributed by atoms with Crippen molar-refractivity contribution in [2.75, 3.05) is 5.32 Å². The van der Waals surface area contributed by atoms with E-state index in [1.54, 1.807) is 6.07 Å². The van der Waals surface area contributed by atoms with Crippen LogP contribution in [0.5, 0.6) is 0 Å². The Hall–Kier alpha value is -1.86. The first-order valence-corrected chi connectivity index (χ1v) is 11.4. The zero-order chi connectivity index (χ0) is 18.8. The molecule has 5 unspecified atom stereocenters. The Bertz CT molecular complexity index is 984. The molecule has 2 saturated carbocycles. The Labute approximate surface area is 160 Å². The first-order chi connectivity index (χ1) is 12.9. The van der Waals surface area contributed by atoms with Gasteiger partial charge in [0, 0.05) is 18.9 Å². The van der Waals surface area contributed by atoms with Crippen molar-refractivity contribution in [1.82, 2.24) is 9.78 Å². The molecule has 7 heteroatoms. The molecule has 0 radical (unpaired) electrons. The fourth-order valence-electron chi connectivity index (χ4n) is 6.04. The standard InChI is InChI=1S/C20H26N4O2S/c1-24-18(9-10-22-24)20-19-14-4-2-3-12(14)5-7-15(19)16-11-13(27(21,25)26)6-8-17(16)23-20/h6,8-12,14-15,19-20,23H,2-5,7H2,1H3,(H2,21,25,26). The zero-order valence-corrected chi connectivity index (χ0v) is 16.3. The molecule has 2 aliphatic carbocycles. The number of rotatable bonds is 2. The van der Waals surface area contributed by atoms with Gasteiger partial charge in [0.05, 0.1) is 16.6 Å². The lowest BCUT2D eigenvalue weighted by Crippen LogP contribution is -2.41. The van der Waals surface area contributed by atoms with Crippen molar-refractivity contribution < 1.29 is 8.42 Å². The number of primary sulfonamides is 1. The maximum absolute atomic E-state index is 11.9. The molecular weight excluding hydrogens is 360 g/mol. The van der Waals surface area contributed by atoms with Crippen molar-refractivity contribution in [3.05, 3.63) is 41.7 Å². The monoisotopic (exact) mass is 386 g/mol. The zero-order valence-electron chi connectivity index (χ0n) is 15.5. The summed E-state index contributed by atoms with van der Waals surface area (Å²) < 4.78 is 25.8. The van der Waals surface area contributed by atoms with E-state index < -0.39 is 10.0 Å². The third kappa shape index (κ3) is 2.70. The highest BCUT2D eigenvalue weighted by Gasteiger charge is 2.49. The lowest BCUT2D eigenvalue weighted by Gasteiger charge is -2.49. The van der Waals surface area contributed by atoms with E-state index >= 15 is 0 Å². The molecule has 0 saturated heterocycles. The smallest absolute Gasteiger partial charge is 0.238 e. The van der Waals surface area contributed by atoms with E-state index in [-0.39, 0.29) is 10.9 Å². The first kappa shape index (κ1) is 17.3. The van der Waals surface area contributed by atoms with Gasteiger partial charge in [-0.2, -0.15) is 5.10 Å². The Morgan fingerprint density at radius 2 is 2.04 bits per heavy atom. The number of fused-ring (bicyclic) bond motifs is 5. The van der Waals surface area contributed by atoms with E-state index in [2.05, 4.69) is 16.5 Å². The van der Waals surface area contributed by atoms with Gasteiger partial charge in [-0.25, -0.2) is 13.6 Å². The Kier molecular flexibility index (Phi) is 3.88. The molecule has 144 valence electrons. The Morgan fingerprint density at radius 3 is 2.78 bits per heavy atom. The second kappa shape index (κ2) is 6.07. The predicted molar refractivity (Wildman–Crippen MR) is 104 cm³/mol. The van der Waals surface area contributed by atoms with E-state index in [9.17, 15) is 8.42 Å². The molecule has 0 spiro atoms. The summed E-state index contributed by atoms with van der Waals surface area (Å²) in [5.74, 6) is 2.31. The van der Waals surface area contributed by atoms with Crippen LogP contribution in [0.3, 0.4) is 0 Å². The fourth-order valence-corrected chi connectivity index (χ4v) is 6.59. The van der Waals surface area contributed by atoms with E-state index in [0.29, 0.717) is 17.8 Å². The van der Waals surface area contributed by atoms with Gasteiger partial charge in [-0.15, -0.1) is 0 Å². The van der Waals surface area contributed by atoms with Crippen LogP contribution >= 0.6 is 0 Å². The molecule has 27 heavy (non-hydrogen) atoms. The summed E-state index contributed by atoms with van der Waals surface area (Å²) in [5.41, 5.74) is 3.36. The van der Waals surface area contributed by atoms with Gasteiger partial charge < -0.3 is 5.32 Å². The Morgan fingerprint density at radius 1 is 1.19 bits per heavy atom. The molecule has 1 aromatic heterocycles. The average Bonchev–Trinajstić information content (AvgIpc) is 3.28. The van der Waals surface area contributed by atoms with E-state index in [1.165, 1.54) is 31.4 Å². The minimum Gasteiger partial charge on any atom is -0.376 e. The average molecular weight is 387 g/mol. The number of sulfonamides is 1. The quantitative estimate of drug-likeness (QED) is 0.830. The van der Waals surface area contributed by atoms with Crippen LogP contribution in [0.1, 0.15) is 55.3 Å². The van der Waals surface area contributed by atoms with Crippen LogP contribution in [-0.2, 0) is 17.1 Å². The largest absolute Gasteiger partial charge is 0.376 e. The van der Waals surface area contributed by atoms with Crippen LogP contribution in [0, 0.1) is 17.8 Å². The molecular formula is C20H26N4O2S. The molecule has 1 aliphatic heterocycles. The van der Waals surface area contributed by atoms with Gasteiger partial charge in [-0.1, -0.05) is 12.8 Å². The van der Waals surface area contributed by atoms with Crippen molar-refractivity contribution in [2.24, 2.45) is 29.9 Å². The minimum absolute atomic E-state index is 0.209. The number of nitrogens with zero attached hydrogens (tertiary/aromatic N) is 2. The number of hydrogen-bond acceptors (Lipinski definition) is 4. The third-order valence-corrected chi connectivity index (χ3v) is 8.06. The van der Waals surface area contributed by atoms with Crippen LogP contribution in [0.4, 0.5) is 5.69 Å². The molecule has 3 aliphatic rings. The predicted octanol–water partition coefficient (Wildman–Crippen LogP) is 3.14. The maximum Gasteiger partial charge on any atom is 0.238 e. The maximum atomic E-state index is 11.9. The van der Waals surface area contributed by atoms with Gasteiger partial charge in [-0.3, -0.25) is 4.68 Å². The van der Waals surface area contributed by atoms with Gasteiger partial charge in [-0.05, 0) is 72.8 Å². The highest BCUT2D eigenvalue weighted by atomic mass is 32.2. The number of nitrogens with one attached hydrogen (secondary N) is 1.